The summed E-state index contributed by atoms with van der Waals surface area (Å²) < 4.78 is 20.0. The van der Waals surface area contributed by atoms with E-state index in [0.717, 1.165) is 35.5 Å². The van der Waals surface area contributed by atoms with E-state index in [-0.39, 0.29) is 11.6 Å². The number of rotatable bonds is 9. The lowest BCUT2D eigenvalue weighted by Crippen LogP contribution is -2.23. The van der Waals surface area contributed by atoms with Crippen molar-refractivity contribution in [1.29, 1.82) is 5.41 Å². The first kappa shape index (κ1) is 25.3. The number of aromatic nitrogens is 4. The maximum absolute atomic E-state index is 8.34. The normalized spacial score (nSPS) is 14.4. The van der Waals surface area contributed by atoms with Gasteiger partial charge in [-0.3, -0.25) is 5.41 Å². The Kier molecular flexibility index (Phi) is 7.22. The zero-order chi connectivity index (χ0) is 26.0. The van der Waals surface area contributed by atoms with E-state index in [9.17, 15) is 0 Å². The average Bonchev–Trinajstić information content (AvgIpc) is 3.57. The van der Waals surface area contributed by atoms with Crippen molar-refractivity contribution in [3.05, 3.63) is 76.3 Å². The Balaban J connectivity index is 1.40. The van der Waals surface area contributed by atoms with E-state index in [2.05, 4.69) is 9.97 Å². The number of nitrogens with one attached hydrogen (secondary N) is 2. The number of benzene rings is 2. The summed E-state index contributed by atoms with van der Waals surface area (Å²) in [5, 5.41) is 9.03. The molecule has 0 radical (unpaired) electrons. The van der Waals surface area contributed by atoms with Crippen LogP contribution in [0.25, 0.3) is 11.2 Å². The molecule has 4 aromatic rings. The zero-order valence-electron chi connectivity index (χ0n) is 21.4. The van der Waals surface area contributed by atoms with Crippen molar-refractivity contribution in [2.75, 3.05) is 7.11 Å². The summed E-state index contributed by atoms with van der Waals surface area (Å²) in [7, 11) is 1.66. The summed E-state index contributed by atoms with van der Waals surface area (Å²) in [4.78, 5) is 12.4. The van der Waals surface area contributed by atoms with Gasteiger partial charge in [0.15, 0.2) is 22.6 Å². The van der Waals surface area contributed by atoms with Gasteiger partial charge in [0.05, 0.1) is 32.7 Å². The zero-order valence-corrected chi connectivity index (χ0v) is 22.1. The summed E-state index contributed by atoms with van der Waals surface area (Å²) in [5.74, 6) is 2.12. The molecule has 9 heteroatoms. The second kappa shape index (κ2) is 10.6. The van der Waals surface area contributed by atoms with Crippen LogP contribution in [0.1, 0.15) is 56.5 Å². The predicted molar refractivity (Wildman–Crippen MR) is 142 cm³/mol. The first-order chi connectivity index (χ1) is 17.8. The molecule has 0 saturated heterocycles. The highest BCUT2D eigenvalue weighted by molar-refractivity contribution is 6.30. The minimum Gasteiger partial charge on any atom is -0.493 e. The van der Waals surface area contributed by atoms with Crippen molar-refractivity contribution in [2.24, 2.45) is 0 Å². The molecule has 2 N–H and O–H groups in total. The lowest BCUT2D eigenvalue weighted by molar-refractivity contribution is -0.0393. The van der Waals surface area contributed by atoms with E-state index in [1.54, 1.807) is 13.4 Å². The van der Waals surface area contributed by atoms with Crippen LogP contribution in [-0.4, -0.2) is 32.7 Å². The fraction of sp³-hybridized carbons (Fsp3) is 0.393. The molecule has 1 fully saturated rings. The van der Waals surface area contributed by atoms with Gasteiger partial charge in [-0.05, 0) is 74.9 Å². The third kappa shape index (κ3) is 5.65. The number of ether oxygens (including phenoxy) is 3. The van der Waals surface area contributed by atoms with Gasteiger partial charge in [0.2, 0.25) is 0 Å². The van der Waals surface area contributed by atoms with E-state index >= 15 is 0 Å². The highest BCUT2D eigenvalue weighted by Gasteiger charge is 2.27. The second-order valence-electron chi connectivity index (χ2n) is 9.94. The number of hydrogen-bond acceptors (Lipinski definition) is 6. The van der Waals surface area contributed by atoms with Gasteiger partial charge in [0, 0.05) is 5.02 Å². The molecular formula is C28H32ClN5O3. The molecule has 0 aliphatic heterocycles. The van der Waals surface area contributed by atoms with Crippen LogP contribution < -0.4 is 15.0 Å². The molecule has 0 unspecified atom stereocenters. The third-order valence-corrected chi connectivity index (χ3v) is 7.03. The Morgan fingerprint density at radius 3 is 2.54 bits per heavy atom. The minimum atomic E-state index is -0.717. The van der Waals surface area contributed by atoms with Crippen molar-refractivity contribution in [3.63, 3.8) is 0 Å². The lowest BCUT2D eigenvalue weighted by Gasteiger charge is -2.23. The largest absolute Gasteiger partial charge is 0.493 e. The molecule has 8 nitrogen and oxygen atoms in total. The molecule has 0 atom stereocenters. The number of aromatic amines is 1. The second-order valence-corrected chi connectivity index (χ2v) is 10.4. The average molecular weight is 522 g/mol. The number of H-pyrrole nitrogens is 1. The fourth-order valence-electron chi connectivity index (χ4n) is 4.59. The standard InChI is InChI=1S/C28H32ClN5O3/c1-28(2,36-16-18-8-11-20(29)12-9-18)27-32-24-25(30)31-17-34(26(24)33-27)15-19-10-13-22(35-3)23(14-19)37-21-6-4-5-7-21/h8-14,17,21,30H,4-7,15-16H2,1-3H3,(H,32,33). The Morgan fingerprint density at radius 2 is 1.81 bits per heavy atom. The molecule has 1 aliphatic rings. The lowest BCUT2D eigenvalue weighted by atomic mass is 10.1. The van der Waals surface area contributed by atoms with E-state index < -0.39 is 5.60 Å². The molecule has 5 rings (SSSR count). The topological polar surface area (TPSA) is 98.0 Å². The van der Waals surface area contributed by atoms with Gasteiger partial charge in [0.25, 0.3) is 0 Å². The molecule has 37 heavy (non-hydrogen) atoms. The number of nitrogens with zero attached hydrogens (tertiary/aromatic N) is 3. The third-order valence-electron chi connectivity index (χ3n) is 6.78. The van der Waals surface area contributed by atoms with Gasteiger partial charge in [-0.15, -0.1) is 0 Å². The molecule has 2 aromatic carbocycles. The van der Waals surface area contributed by atoms with Crippen molar-refractivity contribution >= 4 is 22.8 Å². The quantitative estimate of drug-likeness (QED) is 0.293. The first-order valence-corrected chi connectivity index (χ1v) is 12.9. The summed E-state index contributed by atoms with van der Waals surface area (Å²) >= 11 is 6.00. The monoisotopic (exact) mass is 521 g/mol. The Bertz CT molecular complexity index is 1440. The van der Waals surface area contributed by atoms with Crippen molar-refractivity contribution in [2.45, 2.75) is 64.4 Å². The van der Waals surface area contributed by atoms with Gasteiger partial charge < -0.3 is 23.8 Å². The highest BCUT2D eigenvalue weighted by Crippen LogP contribution is 2.33. The number of hydrogen-bond donors (Lipinski definition) is 2. The number of methoxy groups -OCH3 is 1. The van der Waals surface area contributed by atoms with Gasteiger partial charge >= 0.3 is 0 Å². The predicted octanol–water partition coefficient (Wildman–Crippen LogP) is 5.72. The van der Waals surface area contributed by atoms with Crippen LogP contribution in [0, 0.1) is 5.41 Å². The van der Waals surface area contributed by atoms with E-state index in [4.69, 9.17) is 36.2 Å². The molecule has 2 heterocycles. The highest BCUT2D eigenvalue weighted by atomic mass is 35.5. The van der Waals surface area contributed by atoms with Crippen LogP contribution in [0.15, 0.2) is 48.8 Å². The number of imidazole rings is 1. The molecular weight excluding hydrogens is 490 g/mol. The smallest absolute Gasteiger partial charge is 0.173 e. The SMILES string of the molecule is COc1ccc(Cn2cnc(=N)c3[nH]c(C(C)(C)OCc4ccc(Cl)cc4)nc32)cc1OC1CCCC1. The van der Waals surface area contributed by atoms with Crippen LogP contribution >= 0.6 is 11.6 Å². The maximum Gasteiger partial charge on any atom is 0.173 e. The molecule has 1 aliphatic carbocycles. The summed E-state index contributed by atoms with van der Waals surface area (Å²) in [6.07, 6.45) is 6.43. The van der Waals surface area contributed by atoms with Crippen LogP contribution in [0.3, 0.4) is 0 Å². The van der Waals surface area contributed by atoms with Crippen molar-refractivity contribution in [3.8, 4) is 11.5 Å². The van der Waals surface area contributed by atoms with Crippen LogP contribution in [0.5, 0.6) is 11.5 Å². The van der Waals surface area contributed by atoms with Crippen molar-refractivity contribution in [1.82, 2.24) is 19.5 Å². The molecule has 1 saturated carbocycles. The molecule has 0 bridgehead atoms. The molecule has 2 aromatic heterocycles. The van der Waals surface area contributed by atoms with Crippen LogP contribution in [0.4, 0.5) is 0 Å². The number of fused-ring (bicyclic) bond motifs is 1. The van der Waals surface area contributed by atoms with Gasteiger partial charge in [-0.2, -0.15) is 0 Å². The van der Waals surface area contributed by atoms with E-state index in [1.165, 1.54) is 12.8 Å². The molecule has 0 spiro atoms. The summed E-state index contributed by atoms with van der Waals surface area (Å²) in [6, 6.07) is 13.6. The molecule has 0 amide bonds. The van der Waals surface area contributed by atoms with E-state index in [1.807, 2.05) is 60.9 Å². The number of halogens is 1. The van der Waals surface area contributed by atoms with Crippen LogP contribution in [-0.2, 0) is 23.5 Å². The van der Waals surface area contributed by atoms with Gasteiger partial charge in [-0.1, -0.05) is 29.8 Å². The van der Waals surface area contributed by atoms with Gasteiger partial charge in [0.1, 0.15) is 16.9 Å². The molecule has 194 valence electrons. The Hall–Kier alpha value is -3.36. The summed E-state index contributed by atoms with van der Waals surface area (Å²) in [6.45, 7) is 4.84. The minimum absolute atomic E-state index is 0.137. The fourth-order valence-corrected chi connectivity index (χ4v) is 4.72. The van der Waals surface area contributed by atoms with Gasteiger partial charge in [-0.25, -0.2) is 9.97 Å². The first-order valence-electron chi connectivity index (χ1n) is 12.5. The van der Waals surface area contributed by atoms with E-state index in [0.29, 0.717) is 35.2 Å². The Morgan fingerprint density at radius 1 is 1.08 bits per heavy atom. The Labute approximate surface area is 221 Å². The maximum atomic E-state index is 8.34. The van der Waals surface area contributed by atoms with Crippen LogP contribution in [0.2, 0.25) is 5.02 Å². The van der Waals surface area contributed by atoms with Crippen molar-refractivity contribution < 1.29 is 14.2 Å². The summed E-state index contributed by atoms with van der Waals surface area (Å²) in [5.41, 5.74) is 2.68.